The van der Waals surface area contributed by atoms with E-state index in [1.807, 2.05) is 43.9 Å². The molecule has 0 aromatic carbocycles. The van der Waals surface area contributed by atoms with Crippen LogP contribution in [0.4, 0.5) is 16.2 Å². The Balaban J connectivity index is 1.70. The van der Waals surface area contributed by atoms with Crippen LogP contribution in [0.2, 0.25) is 0 Å². The van der Waals surface area contributed by atoms with Gasteiger partial charge in [-0.2, -0.15) is 4.98 Å². The van der Waals surface area contributed by atoms with Crippen LogP contribution in [0.25, 0.3) is 0 Å². The van der Waals surface area contributed by atoms with Crippen LogP contribution in [-0.2, 0) is 6.54 Å². The van der Waals surface area contributed by atoms with Gasteiger partial charge in [-0.1, -0.05) is 0 Å². The van der Waals surface area contributed by atoms with E-state index in [9.17, 15) is 4.39 Å². The lowest BCUT2D eigenvalue weighted by molar-refractivity contribution is 0.262. The van der Waals surface area contributed by atoms with Gasteiger partial charge in [-0.25, -0.2) is 14.4 Å². The standard InChI is InChI=1S/C17H25FN6O/c1-12-8-20-16(25-12)11-23(4)10-14-7-13(18)9-24(14)15-5-6-19-17(21-15)22(2)3/h5-6,8,13-14H,7,9-11H2,1-4H3/t13-,14-/m0/s1. The first-order valence-electron chi connectivity index (χ1n) is 8.43. The van der Waals surface area contributed by atoms with Crippen molar-refractivity contribution in [2.75, 3.05) is 44.0 Å². The summed E-state index contributed by atoms with van der Waals surface area (Å²) >= 11 is 0. The van der Waals surface area contributed by atoms with Gasteiger partial charge in [0.25, 0.3) is 0 Å². The molecule has 25 heavy (non-hydrogen) atoms. The lowest BCUT2D eigenvalue weighted by atomic mass is 10.2. The van der Waals surface area contributed by atoms with E-state index in [-0.39, 0.29) is 6.04 Å². The van der Waals surface area contributed by atoms with Crippen LogP contribution in [0.5, 0.6) is 0 Å². The van der Waals surface area contributed by atoms with Gasteiger partial charge in [0.2, 0.25) is 11.8 Å². The number of nitrogens with zero attached hydrogens (tertiary/aromatic N) is 6. The summed E-state index contributed by atoms with van der Waals surface area (Å²) in [6.07, 6.45) is 3.09. The van der Waals surface area contributed by atoms with E-state index in [1.165, 1.54) is 0 Å². The van der Waals surface area contributed by atoms with E-state index in [2.05, 4.69) is 19.9 Å². The molecule has 3 rings (SSSR count). The monoisotopic (exact) mass is 348 g/mol. The molecule has 8 heteroatoms. The summed E-state index contributed by atoms with van der Waals surface area (Å²) in [5.41, 5.74) is 0. The molecule has 0 spiro atoms. The maximum absolute atomic E-state index is 14.1. The highest BCUT2D eigenvalue weighted by Gasteiger charge is 2.34. The molecule has 2 atom stereocenters. The highest BCUT2D eigenvalue weighted by atomic mass is 19.1. The van der Waals surface area contributed by atoms with Gasteiger partial charge in [-0.15, -0.1) is 0 Å². The van der Waals surface area contributed by atoms with Gasteiger partial charge in [0.05, 0.1) is 19.3 Å². The zero-order valence-corrected chi connectivity index (χ0v) is 15.2. The normalized spacial score (nSPS) is 20.5. The Morgan fingerprint density at radius 3 is 2.80 bits per heavy atom. The zero-order valence-electron chi connectivity index (χ0n) is 15.2. The van der Waals surface area contributed by atoms with Gasteiger partial charge in [0, 0.05) is 39.3 Å². The van der Waals surface area contributed by atoms with Crippen molar-refractivity contribution in [3.63, 3.8) is 0 Å². The molecule has 1 saturated heterocycles. The fraction of sp³-hybridized carbons (Fsp3) is 0.588. The summed E-state index contributed by atoms with van der Waals surface area (Å²) in [5.74, 6) is 2.87. The minimum Gasteiger partial charge on any atom is -0.445 e. The second-order valence-electron chi connectivity index (χ2n) is 6.81. The summed E-state index contributed by atoms with van der Waals surface area (Å²) in [5, 5.41) is 0. The first-order valence-corrected chi connectivity index (χ1v) is 8.43. The highest BCUT2D eigenvalue weighted by Crippen LogP contribution is 2.27. The van der Waals surface area contributed by atoms with Gasteiger partial charge in [-0.3, -0.25) is 4.90 Å². The van der Waals surface area contributed by atoms with Crippen LogP contribution in [0.1, 0.15) is 18.1 Å². The zero-order chi connectivity index (χ0) is 18.0. The van der Waals surface area contributed by atoms with E-state index in [4.69, 9.17) is 4.42 Å². The lowest BCUT2D eigenvalue weighted by Crippen LogP contribution is -2.39. The third-order valence-electron chi connectivity index (χ3n) is 4.28. The fourth-order valence-corrected chi connectivity index (χ4v) is 3.16. The van der Waals surface area contributed by atoms with Gasteiger partial charge < -0.3 is 14.2 Å². The van der Waals surface area contributed by atoms with Crippen molar-refractivity contribution in [1.82, 2.24) is 19.9 Å². The summed E-state index contributed by atoms with van der Waals surface area (Å²) in [6.45, 7) is 3.55. The number of anilines is 2. The van der Waals surface area contributed by atoms with Crippen molar-refractivity contribution in [2.24, 2.45) is 0 Å². The molecule has 1 fully saturated rings. The van der Waals surface area contributed by atoms with E-state index in [0.717, 1.165) is 11.6 Å². The smallest absolute Gasteiger partial charge is 0.226 e. The Labute approximate surface area is 147 Å². The number of oxazole rings is 1. The number of hydrogen-bond donors (Lipinski definition) is 0. The Morgan fingerprint density at radius 2 is 2.12 bits per heavy atom. The number of likely N-dealkylation sites (N-methyl/N-ethyl adjacent to an activating group) is 1. The Bertz CT molecular complexity index is 706. The summed E-state index contributed by atoms with van der Waals surface area (Å²) in [6, 6.07) is 1.90. The average molecular weight is 348 g/mol. The number of hydrogen-bond acceptors (Lipinski definition) is 7. The van der Waals surface area contributed by atoms with Crippen molar-refractivity contribution >= 4 is 11.8 Å². The second-order valence-corrected chi connectivity index (χ2v) is 6.81. The molecule has 2 aromatic heterocycles. The van der Waals surface area contributed by atoms with Crippen LogP contribution in [0.3, 0.4) is 0 Å². The van der Waals surface area contributed by atoms with Crippen LogP contribution in [0, 0.1) is 6.92 Å². The largest absolute Gasteiger partial charge is 0.445 e. The third-order valence-corrected chi connectivity index (χ3v) is 4.28. The topological polar surface area (TPSA) is 61.5 Å². The average Bonchev–Trinajstić information content (AvgIpc) is 3.13. The minimum absolute atomic E-state index is 0.0565. The van der Waals surface area contributed by atoms with E-state index >= 15 is 0 Å². The highest BCUT2D eigenvalue weighted by molar-refractivity contribution is 5.45. The minimum atomic E-state index is -0.847. The summed E-state index contributed by atoms with van der Waals surface area (Å²) < 4.78 is 19.6. The molecule has 0 bridgehead atoms. The molecule has 0 N–H and O–H groups in total. The van der Waals surface area contributed by atoms with Gasteiger partial charge >= 0.3 is 0 Å². The molecule has 7 nitrogen and oxygen atoms in total. The van der Waals surface area contributed by atoms with Crippen molar-refractivity contribution in [2.45, 2.75) is 32.1 Å². The Hall–Kier alpha value is -2.22. The maximum atomic E-state index is 14.1. The summed E-state index contributed by atoms with van der Waals surface area (Å²) in [4.78, 5) is 19.0. The SMILES string of the molecule is Cc1cnc(CN(C)C[C@@H]2C[C@H](F)CN2c2ccnc(N(C)C)n2)o1. The van der Waals surface area contributed by atoms with E-state index in [1.54, 1.807) is 12.4 Å². The first kappa shape index (κ1) is 17.6. The third kappa shape index (κ3) is 4.25. The van der Waals surface area contributed by atoms with Gasteiger partial charge in [0.1, 0.15) is 17.7 Å². The number of aromatic nitrogens is 3. The first-order chi connectivity index (χ1) is 11.9. The Kier molecular flexibility index (Phi) is 5.17. The van der Waals surface area contributed by atoms with E-state index in [0.29, 0.717) is 37.9 Å². The van der Waals surface area contributed by atoms with Gasteiger partial charge in [0.15, 0.2) is 0 Å². The number of aryl methyl sites for hydroxylation is 1. The van der Waals surface area contributed by atoms with Crippen LogP contribution < -0.4 is 9.80 Å². The Morgan fingerprint density at radius 1 is 1.32 bits per heavy atom. The van der Waals surface area contributed by atoms with Gasteiger partial charge in [-0.05, 0) is 20.0 Å². The molecule has 1 aliphatic heterocycles. The van der Waals surface area contributed by atoms with Crippen LogP contribution in [-0.4, -0.2) is 66.3 Å². The molecule has 0 saturated carbocycles. The summed E-state index contributed by atoms with van der Waals surface area (Å²) in [7, 11) is 5.78. The molecule has 0 radical (unpaired) electrons. The van der Waals surface area contributed by atoms with Crippen molar-refractivity contribution < 1.29 is 8.81 Å². The molecule has 136 valence electrons. The van der Waals surface area contributed by atoms with Crippen LogP contribution >= 0.6 is 0 Å². The maximum Gasteiger partial charge on any atom is 0.226 e. The molecule has 3 heterocycles. The molecular weight excluding hydrogens is 323 g/mol. The second kappa shape index (κ2) is 7.35. The molecule has 0 unspecified atom stereocenters. The lowest BCUT2D eigenvalue weighted by Gasteiger charge is -2.29. The molecule has 0 amide bonds. The molecule has 1 aliphatic rings. The predicted molar refractivity (Wildman–Crippen MR) is 94.6 cm³/mol. The number of halogens is 1. The predicted octanol–water partition coefficient (Wildman–Crippen LogP) is 1.89. The van der Waals surface area contributed by atoms with E-state index < -0.39 is 6.17 Å². The van der Waals surface area contributed by atoms with Crippen molar-refractivity contribution in [1.29, 1.82) is 0 Å². The molecular formula is C17H25FN6O. The number of rotatable bonds is 6. The van der Waals surface area contributed by atoms with Crippen LogP contribution in [0.15, 0.2) is 22.9 Å². The molecule has 0 aliphatic carbocycles. The van der Waals surface area contributed by atoms with Crippen molar-refractivity contribution in [3.8, 4) is 0 Å². The quantitative estimate of drug-likeness (QED) is 0.790. The molecule has 2 aromatic rings. The fourth-order valence-electron chi connectivity index (χ4n) is 3.16. The number of alkyl halides is 1. The van der Waals surface area contributed by atoms with Crippen molar-refractivity contribution in [3.05, 3.63) is 30.1 Å².